The molecule has 1 rings (SSSR count). The average Bonchev–Trinajstić information content (AvgIpc) is 2.26. The Morgan fingerprint density at radius 3 is 2.15 bits per heavy atom. The SMILES string of the molecule is Cc1ccc(S(=O)(=O)NC(OC(C)(C)C)C(=O)O)cc1. The number of benzene rings is 1. The van der Waals surface area contributed by atoms with Crippen LogP contribution in [-0.2, 0) is 19.6 Å². The Bertz CT molecular complexity index is 572. The van der Waals surface area contributed by atoms with Crippen LogP contribution in [0.15, 0.2) is 29.2 Å². The van der Waals surface area contributed by atoms with Gasteiger partial charge < -0.3 is 9.84 Å². The van der Waals surface area contributed by atoms with Crippen molar-refractivity contribution < 1.29 is 23.1 Å². The summed E-state index contributed by atoms with van der Waals surface area (Å²) in [5.74, 6) is -1.39. The topological polar surface area (TPSA) is 92.7 Å². The highest BCUT2D eigenvalue weighted by molar-refractivity contribution is 7.89. The molecule has 0 bridgehead atoms. The van der Waals surface area contributed by atoms with Crippen LogP contribution in [0.5, 0.6) is 0 Å². The van der Waals surface area contributed by atoms with Crippen molar-refractivity contribution in [2.75, 3.05) is 0 Å². The number of aliphatic carboxylic acids is 1. The van der Waals surface area contributed by atoms with Crippen LogP contribution in [0, 0.1) is 6.92 Å². The Morgan fingerprint density at radius 1 is 1.25 bits per heavy atom. The molecule has 0 saturated carbocycles. The van der Waals surface area contributed by atoms with Crippen molar-refractivity contribution in [2.45, 2.75) is 44.4 Å². The third-order valence-electron chi connectivity index (χ3n) is 2.29. The van der Waals surface area contributed by atoms with Gasteiger partial charge in [-0.25, -0.2) is 13.2 Å². The van der Waals surface area contributed by atoms with Crippen molar-refractivity contribution in [1.29, 1.82) is 0 Å². The maximum atomic E-state index is 12.1. The van der Waals surface area contributed by atoms with Crippen LogP contribution in [0.25, 0.3) is 0 Å². The van der Waals surface area contributed by atoms with Gasteiger partial charge in [-0.05, 0) is 39.8 Å². The summed E-state index contributed by atoms with van der Waals surface area (Å²) < 4.78 is 31.4. The summed E-state index contributed by atoms with van der Waals surface area (Å²) in [6.45, 7) is 6.75. The number of aryl methyl sites for hydroxylation is 1. The highest BCUT2D eigenvalue weighted by Crippen LogP contribution is 2.14. The number of hydrogen-bond donors (Lipinski definition) is 2. The molecule has 112 valence electrons. The lowest BCUT2D eigenvalue weighted by atomic mass is 10.2. The van der Waals surface area contributed by atoms with Crippen LogP contribution >= 0.6 is 0 Å². The number of nitrogens with one attached hydrogen (secondary N) is 1. The Morgan fingerprint density at radius 2 is 1.75 bits per heavy atom. The molecule has 0 saturated heterocycles. The smallest absolute Gasteiger partial charge is 0.349 e. The van der Waals surface area contributed by atoms with Gasteiger partial charge in [0.1, 0.15) is 0 Å². The average molecular weight is 301 g/mol. The molecule has 20 heavy (non-hydrogen) atoms. The molecule has 0 aliphatic heterocycles. The first-order chi connectivity index (χ1) is 9.01. The predicted octanol–water partition coefficient (Wildman–Crippen LogP) is 1.50. The Hall–Kier alpha value is -1.44. The van der Waals surface area contributed by atoms with E-state index in [1.165, 1.54) is 12.1 Å². The van der Waals surface area contributed by atoms with E-state index in [9.17, 15) is 13.2 Å². The van der Waals surface area contributed by atoms with E-state index in [0.29, 0.717) is 0 Å². The number of hydrogen-bond acceptors (Lipinski definition) is 4. The van der Waals surface area contributed by atoms with Crippen LogP contribution in [0.4, 0.5) is 0 Å². The molecular formula is C13H19NO5S. The van der Waals surface area contributed by atoms with Gasteiger partial charge in [0.25, 0.3) is 0 Å². The highest BCUT2D eigenvalue weighted by atomic mass is 32.2. The fraction of sp³-hybridized carbons (Fsp3) is 0.462. The molecule has 0 spiro atoms. The van der Waals surface area contributed by atoms with Crippen LogP contribution in [0.1, 0.15) is 26.3 Å². The molecule has 0 fully saturated rings. The van der Waals surface area contributed by atoms with Gasteiger partial charge >= 0.3 is 5.97 Å². The van der Waals surface area contributed by atoms with E-state index < -0.39 is 27.8 Å². The Labute approximate surface area is 118 Å². The number of carboxylic acid groups (broad SMARTS) is 1. The van der Waals surface area contributed by atoms with Crippen LogP contribution in [-0.4, -0.2) is 31.3 Å². The summed E-state index contributed by atoms with van der Waals surface area (Å²) in [6, 6.07) is 6.09. The minimum atomic E-state index is -3.95. The summed E-state index contributed by atoms with van der Waals surface area (Å²) in [4.78, 5) is 11.1. The quantitative estimate of drug-likeness (QED) is 0.804. The molecule has 0 aliphatic rings. The van der Waals surface area contributed by atoms with Crippen LogP contribution in [0.3, 0.4) is 0 Å². The molecule has 1 unspecified atom stereocenters. The highest BCUT2D eigenvalue weighted by Gasteiger charge is 2.30. The number of carboxylic acids is 1. The standard InChI is InChI=1S/C13H19NO5S/c1-9-5-7-10(8-6-9)20(17,18)14-11(12(15)16)19-13(2,3)4/h5-8,11,14H,1-4H3,(H,15,16). The first kappa shape index (κ1) is 16.6. The number of carbonyl (C=O) groups is 1. The van der Waals surface area contributed by atoms with Gasteiger partial charge in [-0.15, -0.1) is 0 Å². The van der Waals surface area contributed by atoms with Gasteiger partial charge in [-0.1, -0.05) is 17.7 Å². The Balaban J connectivity index is 2.97. The summed E-state index contributed by atoms with van der Waals surface area (Å²) in [7, 11) is -3.95. The van der Waals surface area contributed by atoms with Crippen molar-refractivity contribution >= 4 is 16.0 Å². The zero-order valence-electron chi connectivity index (χ0n) is 11.9. The Kier molecular flexibility index (Phi) is 4.90. The molecule has 1 atom stereocenters. The first-order valence-electron chi connectivity index (χ1n) is 6.01. The van der Waals surface area contributed by atoms with Crippen molar-refractivity contribution in [3.05, 3.63) is 29.8 Å². The van der Waals surface area contributed by atoms with Crippen LogP contribution < -0.4 is 4.72 Å². The molecule has 0 heterocycles. The molecule has 0 radical (unpaired) electrons. The van der Waals surface area contributed by atoms with Gasteiger partial charge in [0.2, 0.25) is 16.3 Å². The number of rotatable bonds is 5. The fourth-order valence-electron chi connectivity index (χ4n) is 1.40. The summed E-state index contributed by atoms with van der Waals surface area (Å²) in [5.41, 5.74) is 0.114. The van der Waals surface area contributed by atoms with Crippen LogP contribution in [0.2, 0.25) is 0 Å². The van der Waals surface area contributed by atoms with Gasteiger partial charge in [0, 0.05) is 0 Å². The molecule has 0 aliphatic carbocycles. The van der Waals surface area contributed by atoms with Gasteiger partial charge in [-0.2, -0.15) is 4.72 Å². The second-order valence-corrected chi connectivity index (χ2v) is 7.10. The van der Waals surface area contributed by atoms with E-state index in [4.69, 9.17) is 9.84 Å². The third kappa shape index (κ3) is 4.92. The fourth-order valence-corrected chi connectivity index (χ4v) is 2.47. The predicted molar refractivity (Wildman–Crippen MR) is 73.8 cm³/mol. The van der Waals surface area contributed by atoms with E-state index in [0.717, 1.165) is 5.56 Å². The lowest BCUT2D eigenvalue weighted by Crippen LogP contribution is -2.46. The largest absolute Gasteiger partial charge is 0.478 e. The van der Waals surface area contributed by atoms with Crippen molar-refractivity contribution in [2.24, 2.45) is 0 Å². The van der Waals surface area contributed by atoms with E-state index >= 15 is 0 Å². The number of sulfonamides is 1. The second kappa shape index (κ2) is 5.90. The molecule has 0 amide bonds. The second-order valence-electron chi connectivity index (χ2n) is 5.38. The molecule has 2 N–H and O–H groups in total. The van der Waals surface area contributed by atoms with Crippen molar-refractivity contribution in [1.82, 2.24) is 4.72 Å². The van der Waals surface area contributed by atoms with E-state index in [1.54, 1.807) is 32.9 Å². The lowest BCUT2D eigenvalue weighted by Gasteiger charge is -2.25. The normalized spacial score (nSPS) is 14.0. The van der Waals surface area contributed by atoms with Gasteiger partial charge in [0.15, 0.2) is 0 Å². The molecule has 1 aromatic carbocycles. The molecule has 0 aromatic heterocycles. The summed E-state index contributed by atoms with van der Waals surface area (Å²) in [6.07, 6.45) is -1.64. The zero-order valence-corrected chi connectivity index (χ0v) is 12.7. The van der Waals surface area contributed by atoms with Gasteiger partial charge in [-0.3, -0.25) is 0 Å². The molecule has 1 aromatic rings. The molecule has 6 nitrogen and oxygen atoms in total. The monoisotopic (exact) mass is 301 g/mol. The number of ether oxygens (including phenoxy) is 1. The van der Waals surface area contributed by atoms with E-state index in [1.807, 2.05) is 11.6 Å². The van der Waals surface area contributed by atoms with E-state index in [-0.39, 0.29) is 4.90 Å². The maximum Gasteiger partial charge on any atom is 0.349 e. The van der Waals surface area contributed by atoms with E-state index in [2.05, 4.69) is 0 Å². The first-order valence-corrected chi connectivity index (χ1v) is 7.49. The zero-order chi connectivity index (χ0) is 15.6. The van der Waals surface area contributed by atoms with Crippen molar-refractivity contribution in [3.63, 3.8) is 0 Å². The summed E-state index contributed by atoms with van der Waals surface area (Å²) >= 11 is 0. The molecular weight excluding hydrogens is 282 g/mol. The maximum absolute atomic E-state index is 12.1. The molecule has 7 heteroatoms. The summed E-state index contributed by atoms with van der Waals surface area (Å²) in [5, 5.41) is 9.04. The lowest BCUT2D eigenvalue weighted by molar-refractivity contribution is -0.161. The van der Waals surface area contributed by atoms with Crippen molar-refractivity contribution in [3.8, 4) is 0 Å². The third-order valence-corrected chi connectivity index (χ3v) is 3.71. The minimum absolute atomic E-state index is 0.00754. The van der Waals surface area contributed by atoms with Gasteiger partial charge in [0.05, 0.1) is 10.5 Å². The minimum Gasteiger partial charge on any atom is -0.478 e.